The number of nitrogens with zero attached hydrogens (tertiary/aromatic N) is 1. The molecule has 6 heteroatoms. The van der Waals surface area contributed by atoms with Crippen LogP contribution < -0.4 is 5.32 Å². The number of aromatic nitrogens is 2. The van der Waals surface area contributed by atoms with Crippen LogP contribution in [0.3, 0.4) is 0 Å². The van der Waals surface area contributed by atoms with Gasteiger partial charge < -0.3 is 10.3 Å². The van der Waals surface area contributed by atoms with E-state index in [0.29, 0.717) is 12.2 Å². The first-order valence-electron chi connectivity index (χ1n) is 6.84. The molecule has 2 N–H and O–H groups in total. The van der Waals surface area contributed by atoms with Crippen molar-refractivity contribution in [1.29, 1.82) is 0 Å². The van der Waals surface area contributed by atoms with Crippen LogP contribution in [-0.2, 0) is 4.79 Å². The van der Waals surface area contributed by atoms with Crippen molar-refractivity contribution in [2.75, 3.05) is 11.1 Å². The molecule has 0 saturated heterocycles. The fourth-order valence-corrected chi connectivity index (χ4v) is 3.18. The van der Waals surface area contributed by atoms with Gasteiger partial charge in [-0.05, 0) is 59.0 Å². The third-order valence-corrected chi connectivity index (χ3v) is 4.66. The highest BCUT2D eigenvalue weighted by molar-refractivity contribution is 14.1. The Kier molecular flexibility index (Phi) is 4.99. The molecule has 1 amide bonds. The van der Waals surface area contributed by atoms with E-state index in [1.165, 1.54) is 0 Å². The summed E-state index contributed by atoms with van der Waals surface area (Å²) in [6.45, 7) is 0. The first-order chi connectivity index (χ1) is 10.7. The number of carbonyl (C=O) groups is 1. The lowest BCUT2D eigenvalue weighted by molar-refractivity contribution is -0.115. The number of rotatable bonds is 5. The van der Waals surface area contributed by atoms with Gasteiger partial charge in [-0.15, -0.1) is 0 Å². The van der Waals surface area contributed by atoms with Gasteiger partial charge in [0.15, 0.2) is 5.16 Å². The van der Waals surface area contributed by atoms with Gasteiger partial charge in [-0.2, -0.15) is 0 Å². The highest BCUT2D eigenvalue weighted by Gasteiger charge is 2.06. The maximum absolute atomic E-state index is 11.9. The molecule has 0 aliphatic rings. The molecule has 0 spiro atoms. The topological polar surface area (TPSA) is 57.8 Å². The summed E-state index contributed by atoms with van der Waals surface area (Å²) in [6, 6.07) is 15.7. The second-order valence-electron chi connectivity index (χ2n) is 4.71. The van der Waals surface area contributed by atoms with Crippen LogP contribution in [0.25, 0.3) is 11.0 Å². The third kappa shape index (κ3) is 4.01. The van der Waals surface area contributed by atoms with Gasteiger partial charge in [-0.25, -0.2) is 4.98 Å². The molecular formula is C16H14IN3OS. The maximum atomic E-state index is 11.9. The number of benzene rings is 2. The minimum absolute atomic E-state index is 0.0184. The second-order valence-corrected chi connectivity index (χ2v) is 7.04. The number of imidazole rings is 1. The molecule has 0 atom stereocenters. The molecule has 1 aromatic heterocycles. The summed E-state index contributed by atoms with van der Waals surface area (Å²) in [4.78, 5) is 19.6. The van der Waals surface area contributed by atoms with Crippen molar-refractivity contribution in [2.45, 2.75) is 11.6 Å². The number of fused-ring (bicyclic) bond motifs is 1. The van der Waals surface area contributed by atoms with Crippen LogP contribution in [0.1, 0.15) is 6.42 Å². The number of thioether (sulfide) groups is 1. The fraction of sp³-hybridized carbons (Fsp3) is 0.125. The van der Waals surface area contributed by atoms with Crippen LogP contribution in [0.5, 0.6) is 0 Å². The number of hydrogen-bond acceptors (Lipinski definition) is 3. The molecule has 1 heterocycles. The van der Waals surface area contributed by atoms with E-state index in [-0.39, 0.29) is 5.91 Å². The molecule has 0 saturated carbocycles. The predicted octanol–water partition coefficient (Wildman–Crippen LogP) is 4.29. The average molecular weight is 423 g/mol. The lowest BCUT2D eigenvalue weighted by Crippen LogP contribution is -2.12. The summed E-state index contributed by atoms with van der Waals surface area (Å²) in [5.41, 5.74) is 2.81. The van der Waals surface area contributed by atoms with E-state index >= 15 is 0 Å². The maximum Gasteiger partial charge on any atom is 0.225 e. The van der Waals surface area contributed by atoms with Crippen molar-refractivity contribution < 1.29 is 4.79 Å². The van der Waals surface area contributed by atoms with Crippen molar-refractivity contribution >= 4 is 57.0 Å². The van der Waals surface area contributed by atoms with E-state index < -0.39 is 0 Å². The van der Waals surface area contributed by atoms with Gasteiger partial charge in [-0.3, -0.25) is 4.79 Å². The molecule has 3 aromatic rings. The van der Waals surface area contributed by atoms with Gasteiger partial charge in [-0.1, -0.05) is 23.9 Å². The average Bonchev–Trinajstić information content (AvgIpc) is 2.92. The number of carbonyl (C=O) groups excluding carboxylic acids is 1. The molecule has 4 nitrogen and oxygen atoms in total. The second kappa shape index (κ2) is 7.15. The number of halogens is 1. The minimum Gasteiger partial charge on any atom is -0.333 e. The zero-order valence-corrected chi connectivity index (χ0v) is 14.6. The summed E-state index contributed by atoms with van der Waals surface area (Å²) in [7, 11) is 0. The predicted molar refractivity (Wildman–Crippen MR) is 99.2 cm³/mol. The van der Waals surface area contributed by atoms with Gasteiger partial charge in [0.1, 0.15) is 0 Å². The van der Waals surface area contributed by atoms with Crippen molar-refractivity contribution in [3.05, 3.63) is 52.1 Å². The molecule has 0 unspecified atom stereocenters. The van der Waals surface area contributed by atoms with Crippen molar-refractivity contribution in [2.24, 2.45) is 0 Å². The van der Waals surface area contributed by atoms with Crippen LogP contribution in [0, 0.1) is 3.57 Å². The van der Waals surface area contributed by atoms with E-state index in [9.17, 15) is 4.79 Å². The number of anilines is 1. The van der Waals surface area contributed by atoms with Crippen LogP contribution in [0.2, 0.25) is 0 Å². The van der Waals surface area contributed by atoms with E-state index in [2.05, 4.69) is 37.9 Å². The first kappa shape index (κ1) is 15.4. The Bertz CT molecular complexity index is 752. The van der Waals surface area contributed by atoms with Crippen LogP contribution in [0.4, 0.5) is 5.69 Å². The Morgan fingerprint density at radius 2 is 1.95 bits per heavy atom. The highest BCUT2D eigenvalue weighted by Crippen LogP contribution is 2.20. The van der Waals surface area contributed by atoms with E-state index in [1.54, 1.807) is 11.8 Å². The molecule has 2 aromatic carbocycles. The lowest BCUT2D eigenvalue weighted by atomic mass is 10.3. The quantitative estimate of drug-likeness (QED) is 0.476. The molecule has 3 rings (SSSR count). The SMILES string of the molecule is O=C(CCSc1nc2ccccc2[nH]1)Nc1ccc(I)cc1. The Morgan fingerprint density at radius 3 is 2.73 bits per heavy atom. The molecule has 0 fully saturated rings. The normalized spacial score (nSPS) is 10.8. The lowest BCUT2D eigenvalue weighted by Gasteiger charge is -2.04. The first-order valence-corrected chi connectivity index (χ1v) is 8.90. The number of para-hydroxylation sites is 2. The van der Waals surface area contributed by atoms with E-state index in [4.69, 9.17) is 0 Å². The number of aromatic amines is 1. The number of amides is 1. The number of nitrogens with one attached hydrogen (secondary N) is 2. The largest absolute Gasteiger partial charge is 0.333 e. The molecule has 0 aliphatic heterocycles. The summed E-state index contributed by atoms with van der Waals surface area (Å²) in [6.07, 6.45) is 0.452. The van der Waals surface area contributed by atoms with E-state index in [1.807, 2.05) is 48.5 Å². The smallest absolute Gasteiger partial charge is 0.225 e. The van der Waals surface area contributed by atoms with Gasteiger partial charge >= 0.3 is 0 Å². The molecule has 0 aliphatic carbocycles. The number of hydrogen-bond donors (Lipinski definition) is 2. The van der Waals surface area contributed by atoms with Crippen LogP contribution in [-0.4, -0.2) is 21.6 Å². The van der Waals surface area contributed by atoms with Gasteiger partial charge in [0.25, 0.3) is 0 Å². The van der Waals surface area contributed by atoms with Gasteiger partial charge in [0, 0.05) is 21.4 Å². The summed E-state index contributed by atoms with van der Waals surface area (Å²) >= 11 is 3.80. The monoisotopic (exact) mass is 423 g/mol. The Hall–Kier alpha value is -1.54. The van der Waals surface area contributed by atoms with Gasteiger partial charge in [0.2, 0.25) is 5.91 Å². The third-order valence-electron chi connectivity index (χ3n) is 3.06. The molecule has 0 bridgehead atoms. The fourth-order valence-electron chi connectivity index (χ4n) is 1.99. The standard InChI is InChI=1S/C16H14IN3OS/c17-11-5-7-12(8-6-11)18-15(21)9-10-22-16-19-13-3-1-2-4-14(13)20-16/h1-8H,9-10H2,(H,18,21)(H,19,20). The zero-order chi connectivity index (χ0) is 15.4. The summed E-state index contributed by atoms with van der Waals surface area (Å²) in [5, 5.41) is 3.75. The Balaban J connectivity index is 1.49. The number of H-pyrrole nitrogens is 1. The van der Waals surface area contributed by atoms with Crippen molar-refractivity contribution in [3.8, 4) is 0 Å². The minimum atomic E-state index is 0.0184. The van der Waals surface area contributed by atoms with Crippen molar-refractivity contribution in [3.63, 3.8) is 0 Å². The van der Waals surface area contributed by atoms with Gasteiger partial charge in [0.05, 0.1) is 11.0 Å². The summed E-state index contributed by atoms with van der Waals surface area (Å²) in [5.74, 6) is 0.709. The molecule has 112 valence electrons. The van der Waals surface area contributed by atoms with E-state index in [0.717, 1.165) is 25.4 Å². The summed E-state index contributed by atoms with van der Waals surface area (Å²) < 4.78 is 1.15. The van der Waals surface area contributed by atoms with Crippen LogP contribution >= 0.6 is 34.4 Å². The zero-order valence-electron chi connectivity index (χ0n) is 11.7. The molecule has 22 heavy (non-hydrogen) atoms. The Morgan fingerprint density at radius 1 is 1.18 bits per heavy atom. The molecular weight excluding hydrogens is 409 g/mol. The highest BCUT2D eigenvalue weighted by atomic mass is 127. The Labute approximate surface area is 146 Å². The molecule has 0 radical (unpaired) electrons. The van der Waals surface area contributed by atoms with Crippen LogP contribution in [0.15, 0.2) is 53.7 Å². The van der Waals surface area contributed by atoms with Crippen molar-refractivity contribution in [1.82, 2.24) is 9.97 Å².